The molecule has 2 aliphatic rings. The van der Waals surface area contributed by atoms with Crippen LogP contribution >= 0.6 is 11.3 Å². The van der Waals surface area contributed by atoms with Gasteiger partial charge in [0.2, 0.25) is 0 Å². The van der Waals surface area contributed by atoms with Crippen LogP contribution in [-0.2, 0) is 13.0 Å². The summed E-state index contributed by atoms with van der Waals surface area (Å²) >= 11 is 1.64. The SMILES string of the molecule is CN1CCc2c(sc3c2C(=O)N[C@H](/C=C/c2cccc([N+](=O)[O-])c2)N3)C1. The first kappa shape index (κ1) is 16.7. The van der Waals surface area contributed by atoms with Crippen LogP contribution in [0.25, 0.3) is 6.08 Å². The van der Waals surface area contributed by atoms with Gasteiger partial charge >= 0.3 is 0 Å². The Labute approximate surface area is 154 Å². The van der Waals surface area contributed by atoms with E-state index in [4.69, 9.17) is 0 Å². The van der Waals surface area contributed by atoms with Crippen molar-refractivity contribution >= 4 is 34.0 Å². The molecule has 0 fully saturated rings. The van der Waals surface area contributed by atoms with Crippen LogP contribution in [0.4, 0.5) is 10.7 Å². The summed E-state index contributed by atoms with van der Waals surface area (Å²) in [5.41, 5.74) is 2.70. The third-order valence-electron chi connectivity index (χ3n) is 4.61. The van der Waals surface area contributed by atoms with E-state index in [0.29, 0.717) is 5.56 Å². The van der Waals surface area contributed by atoms with Crippen LogP contribution in [0.15, 0.2) is 30.3 Å². The van der Waals surface area contributed by atoms with Crippen molar-refractivity contribution in [1.29, 1.82) is 0 Å². The van der Waals surface area contributed by atoms with Crippen LogP contribution in [0.1, 0.15) is 26.4 Å². The summed E-state index contributed by atoms with van der Waals surface area (Å²) in [5.74, 6) is -0.0607. The number of anilines is 1. The van der Waals surface area contributed by atoms with Gasteiger partial charge in [-0.05, 0) is 30.7 Å². The Kier molecular flexibility index (Phi) is 4.21. The maximum atomic E-state index is 12.6. The van der Waals surface area contributed by atoms with Gasteiger partial charge < -0.3 is 15.5 Å². The van der Waals surface area contributed by atoms with Gasteiger partial charge in [0.05, 0.1) is 10.5 Å². The van der Waals surface area contributed by atoms with Gasteiger partial charge in [0.1, 0.15) is 11.2 Å². The number of nitro benzene ring substituents is 1. The lowest BCUT2D eigenvalue weighted by molar-refractivity contribution is -0.384. The van der Waals surface area contributed by atoms with Gasteiger partial charge in [0, 0.05) is 30.1 Å². The van der Waals surface area contributed by atoms with E-state index in [0.717, 1.165) is 35.6 Å². The van der Waals surface area contributed by atoms with Crippen molar-refractivity contribution in [3.05, 3.63) is 62.0 Å². The Hall–Kier alpha value is -2.71. The minimum atomic E-state index is -0.419. The number of hydrogen-bond acceptors (Lipinski definition) is 6. The molecule has 4 rings (SSSR count). The van der Waals surface area contributed by atoms with Gasteiger partial charge in [0.25, 0.3) is 11.6 Å². The molecule has 2 aromatic rings. The fourth-order valence-electron chi connectivity index (χ4n) is 3.31. The van der Waals surface area contributed by atoms with Gasteiger partial charge in [-0.3, -0.25) is 14.9 Å². The maximum absolute atomic E-state index is 12.6. The molecule has 0 saturated heterocycles. The molecule has 26 heavy (non-hydrogen) atoms. The number of thiophene rings is 1. The Balaban J connectivity index is 1.55. The third-order valence-corrected chi connectivity index (χ3v) is 5.76. The van der Waals surface area contributed by atoms with Crippen LogP contribution in [0, 0.1) is 10.1 Å². The number of nitrogens with zero attached hydrogens (tertiary/aromatic N) is 2. The Morgan fingerprint density at radius 2 is 2.23 bits per heavy atom. The first-order valence-electron chi connectivity index (χ1n) is 8.34. The molecule has 0 saturated carbocycles. The summed E-state index contributed by atoms with van der Waals surface area (Å²) in [6.07, 6.45) is 4.13. The number of hydrogen-bond donors (Lipinski definition) is 2. The number of carbonyl (C=O) groups excluding carboxylic acids is 1. The summed E-state index contributed by atoms with van der Waals surface area (Å²) in [6.45, 7) is 1.83. The summed E-state index contributed by atoms with van der Waals surface area (Å²) in [4.78, 5) is 26.5. The number of benzene rings is 1. The molecule has 0 aliphatic carbocycles. The number of nitrogens with one attached hydrogen (secondary N) is 2. The zero-order chi connectivity index (χ0) is 18.3. The van der Waals surface area contributed by atoms with E-state index >= 15 is 0 Å². The highest BCUT2D eigenvalue weighted by Gasteiger charge is 2.31. The topological polar surface area (TPSA) is 87.5 Å². The highest BCUT2D eigenvalue weighted by molar-refractivity contribution is 7.16. The molecule has 1 aromatic carbocycles. The van der Waals surface area contributed by atoms with E-state index in [1.807, 2.05) is 6.08 Å². The summed E-state index contributed by atoms with van der Waals surface area (Å²) in [6, 6.07) is 6.40. The summed E-state index contributed by atoms with van der Waals surface area (Å²) in [7, 11) is 2.08. The Morgan fingerprint density at radius 1 is 1.38 bits per heavy atom. The zero-order valence-corrected chi connectivity index (χ0v) is 15.0. The van der Waals surface area contributed by atoms with Crippen LogP contribution < -0.4 is 10.6 Å². The molecular weight excluding hydrogens is 352 g/mol. The van der Waals surface area contributed by atoms with E-state index in [1.54, 1.807) is 29.5 Å². The van der Waals surface area contributed by atoms with Crippen molar-refractivity contribution < 1.29 is 9.72 Å². The fourth-order valence-corrected chi connectivity index (χ4v) is 4.67. The van der Waals surface area contributed by atoms with Crippen LogP contribution in [-0.4, -0.2) is 35.5 Å². The quantitative estimate of drug-likeness (QED) is 0.641. The van der Waals surface area contributed by atoms with E-state index in [-0.39, 0.29) is 17.8 Å². The number of fused-ring (bicyclic) bond motifs is 3. The molecule has 2 aliphatic heterocycles. The fraction of sp³-hybridized carbons (Fsp3) is 0.278. The molecule has 1 atom stereocenters. The zero-order valence-electron chi connectivity index (χ0n) is 14.2. The average molecular weight is 370 g/mol. The number of non-ortho nitro benzene ring substituents is 1. The van der Waals surface area contributed by atoms with Crippen LogP contribution in [0.5, 0.6) is 0 Å². The number of amides is 1. The second-order valence-corrected chi connectivity index (χ2v) is 7.61. The standard InChI is InChI=1S/C18H18N4O3S/c1-21-8-7-13-14(10-21)26-18-16(13)17(23)19-15(20-18)6-5-11-3-2-4-12(9-11)22(24)25/h2-6,9,15,20H,7-8,10H2,1H3,(H,19,23)/b6-5+/t15-/m0/s1. The molecule has 1 aromatic heterocycles. The van der Waals surface area contributed by atoms with Gasteiger partial charge in [-0.25, -0.2) is 0 Å². The molecule has 0 spiro atoms. The second kappa shape index (κ2) is 6.54. The number of nitro groups is 1. The predicted molar refractivity (Wildman–Crippen MR) is 101 cm³/mol. The maximum Gasteiger partial charge on any atom is 0.270 e. The number of carbonyl (C=O) groups is 1. The first-order chi connectivity index (χ1) is 12.5. The normalized spacial score (nSPS) is 19.6. The predicted octanol–water partition coefficient (Wildman–Crippen LogP) is 2.84. The van der Waals surface area contributed by atoms with Crippen molar-refractivity contribution in [2.45, 2.75) is 19.1 Å². The van der Waals surface area contributed by atoms with E-state index < -0.39 is 4.92 Å². The summed E-state index contributed by atoms with van der Waals surface area (Å²) in [5, 5.41) is 18.1. The smallest absolute Gasteiger partial charge is 0.270 e. The van der Waals surface area contributed by atoms with Gasteiger partial charge in [-0.1, -0.05) is 18.2 Å². The monoisotopic (exact) mass is 370 g/mol. The summed E-state index contributed by atoms with van der Waals surface area (Å²) < 4.78 is 0. The van der Waals surface area contributed by atoms with Gasteiger partial charge in [-0.15, -0.1) is 11.3 Å². The molecule has 3 heterocycles. The molecule has 0 bridgehead atoms. The molecule has 1 amide bonds. The third kappa shape index (κ3) is 3.09. The average Bonchev–Trinajstić information content (AvgIpc) is 2.97. The van der Waals surface area contributed by atoms with Crippen LogP contribution in [0.2, 0.25) is 0 Å². The first-order valence-corrected chi connectivity index (χ1v) is 9.16. The lowest BCUT2D eigenvalue weighted by atomic mass is 10.0. The van der Waals surface area contributed by atoms with Gasteiger partial charge in [-0.2, -0.15) is 0 Å². The van der Waals surface area contributed by atoms with E-state index in [2.05, 4.69) is 22.6 Å². The lowest BCUT2D eigenvalue weighted by Crippen LogP contribution is -2.43. The molecule has 7 nitrogen and oxygen atoms in total. The molecular formula is C18H18N4O3S. The molecule has 2 N–H and O–H groups in total. The van der Waals surface area contributed by atoms with Crippen molar-refractivity contribution in [3.8, 4) is 0 Å². The van der Waals surface area contributed by atoms with Crippen molar-refractivity contribution in [2.24, 2.45) is 0 Å². The molecule has 0 unspecified atom stereocenters. The minimum absolute atomic E-state index is 0.0464. The van der Waals surface area contributed by atoms with Crippen LogP contribution in [0.3, 0.4) is 0 Å². The number of likely N-dealkylation sites (N-methyl/N-ethyl adjacent to an activating group) is 1. The van der Waals surface area contributed by atoms with Crippen molar-refractivity contribution in [2.75, 3.05) is 18.9 Å². The highest BCUT2D eigenvalue weighted by Crippen LogP contribution is 2.38. The Morgan fingerprint density at radius 3 is 3.04 bits per heavy atom. The highest BCUT2D eigenvalue weighted by atomic mass is 32.1. The second-order valence-electron chi connectivity index (χ2n) is 6.50. The van der Waals surface area contributed by atoms with Crippen molar-refractivity contribution in [1.82, 2.24) is 10.2 Å². The van der Waals surface area contributed by atoms with E-state index in [9.17, 15) is 14.9 Å². The Bertz CT molecular complexity index is 921. The molecule has 134 valence electrons. The minimum Gasteiger partial charge on any atom is -0.353 e. The van der Waals surface area contributed by atoms with Gasteiger partial charge in [0.15, 0.2) is 0 Å². The van der Waals surface area contributed by atoms with E-state index in [1.165, 1.54) is 17.0 Å². The van der Waals surface area contributed by atoms with Crippen molar-refractivity contribution in [3.63, 3.8) is 0 Å². The largest absolute Gasteiger partial charge is 0.353 e. The molecule has 0 radical (unpaired) electrons. The lowest BCUT2D eigenvalue weighted by Gasteiger charge is -2.25. The number of rotatable bonds is 3. The molecule has 8 heteroatoms.